The molecule has 2 atom stereocenters. The maximum absolute atomic E-state index is 15.2. The second-order valence-electron chi connectivity index (χ2n) is 35.7. The molecule has 0 amide bonds. The SMILES string of the molecule is [C-]#[N+]C(C#N)=C1/C(=C/c2sc3c(sc4c5c6nsnc6c6c7sc8c(CCCCCCCCCCC)c(/C=C9\C(=O)c%10ccccc%10C9=C(C#N)C#N)sc8c7n(CC(CCCCCCCC)CCCCCCCCCC)c6c5n(CC(CCCCCCCC)CCCCCCCCCC)c34)c2CCCCCCCCCCC)C(=O)c2ccccc21. The van der Waals surface area contributed by atoms with E-state index in [1.807, 2.05) is 93.9 Å². The number of unbranched alkanes of at least 4 members (excludes halogenated alkanes) is 40. The van der Waals surface area contributed by atoms with Crippen LogP contribution in [-0.2, 0) is 25.9 Å². The highest BCUT2D eigenvalue weighted by atomic mass is 32.1. The molecule has 0 N–H and O–H groups in total. The Morgan fingerprint density at radius 3 is 1.01 bits per heavy atom. The van der Waals surface area contributed by atoms with Gasteiger partial charge in [-0.1, -0.05) is 373 Å². The van der Waals surface area contributed by atoms with Gasteiger partial charge in [0.25, 0.3) is 5.70 Å². The molecule has 7 heterocycles. The van der Waals surface area contributed by atoms with Gasteiger partial charge >= 0.3 is 0 Å². The summed E-state index contributed by atoms with van der Waals surface area (Å²) in [7, 11) is 0. The van der Waals surface area contributed by atoms with E-state index >= 15 is 9.59 Å². The summed E-state index contributed by atoms with van der Waals surface area (Å²) in [6, 6.07) is 21.9. The van der Waals surface area contributed by atoms with Gasteiger partial charge in [0.2, 0.25) is 0 Å². The molecular weight excluding hydrogens is 1580 g/mol. The van der Waals surface area contributed by atoms with Crippen LogP contribution in [0, 0.1) is 52.4 Å². The molecule has 0 radical (unpaired) electrons. The molecule has 0 bridgehead atoms. The van der Waals surface area contributed by atoms with Crippen molar-refractivity contribution in [2.45, 2.75) is 389 Å². The van der Waals surface area contributed by atoms with Crippen molar-refractivity contribution in [3.8, 4) is 18.2 Å². The van der Waals surface area contributed by atoms with Crippen LogP contribution in [-0.4, -0.2) is 29.4 Å². The van der Waals surface area contributed by atoms with Crippen LogP contribution in [0.3, 0.4) is 0 Å². The fourth-order valence-corrected chi connectivity index (χ4v) is 26.4. The molecule has 0 saturated carbocycles. The number of nitriles is 3. The van der Waals surface area contributed by atoms with Gasteiger partial charge in [-0.05, 0) is 97.6 Å². The second kappa shape index (κ2) is 48.8. The smallest absolute Gasteiger partial charge is 0.270 e. The number of hydrogen-bond acceptors (Lipinski definition) is 12. The molecule has 2 aliphatic carbocycles. The van der Waals surface area contributed by atoms with Crippen molar-refractivity contribution in [2.75, 3.05) is 0 Å². The highest BCUT2D eigenvalue weighted by Gasteiger charge is 2.38. The highest BCUT2D eigenvalue weighted by molar-refractivity contribution is 7.34. The van der Waals surface area contributed by atoms with E-state index in [4.69, 9.17) is 15.3 Å². The van der Waals surface area contributed by atoms with Crippen LogP contribution in [0.5, 0.6) is 0 Å². The van der Waals surface area contributed by atoms with Gasteiger partial charge in [0, 0.05) is 67.0 Å². The van der Waals surface area contributed by atoms with E-state index in [9.17, 15) is 15.8 Å². The number of nitrogens with zero attached hydrogens (tertiary/aromatic N) is 8. The molecule has 0 spiro atoms. The topological polar surface area (TPSA) is 146 Å². The molecule has 2 unspecified atom stereocenters. The van der Waals surface area contributed by atoms with E-state index in [1.165, 1.54) is 354 Å². The van der Waals surface area contributed by atoms with Crippen molar-refractivity contribution >= 4 is 164 Å². The number of allylic oxidation sites excluding steroid dienone is 6. The van der Waals surface area contributed by atoms with E-state index in [2.05, 4.69) is 85.9 Å². The molecule has 12 rings (SSSR count). The van der Waals surface area contributed by atoms with E-state index in [0.29, 0.717) is 56.4 Å². The Hall–Kier alpha value is -7.34. The van der Waals surface area contributed by atoms with Crippen molar-refractivity contribution in [1.29, 1.82) is 15.8 Å². The third-order valence-electron chi connectivity index (χ3n) is 26.6. The van der Waals surface area contributed by atoms with Gasteiger partial charge in [-0.2, -0.15) is 19.3 Å². The van der Waals surface area contributed by atoms with Crippen LogP contribution in [0.2, 0.25) is 0 Å². The molecule has 0 fully saturated rings. The van der Waals surface area contributed by atoms with Gasteiger partial charge in [0.15, 0.2) is 11.6 Å². The Bertz CT molecular complexity index is 5040. The summed E-state index contributed by atoms with van der Waals surface area (Å²) in [6.07, 6.45) is 67.9. The summed E-state index contributed by atoms with van der Waals surface area (Å²) >= 11 is 8.90. The minimum atomic E-state index is -0.137. The number of hydrogen-bond donors (Lipinski definition) is 0. The molecule has 3 aromatic carbocycles. The maximum Gasteiger partial charge on any atom is 0.270 e. The minimum absolute atomic E-state index is 0.0336. The largest absolute Gasteiger partial charge is 0.337 e. The van der Waals surface area contributed by atoms with Crippen molar-refractivity contribution in [3.63, 3.8) is 0 Å². The predicted molar refractivity (Wildman–Crippen MR) is 524 cm³/mol. The second-order valence-corrected chi connectivity index (χ2v) is 40.4. The van der Waals surface area contributed by atoms with Crippen molar-refractivity contribution < 1.29 is 9.59 Å². The van der Waals surface area contributed by atoms with Gasteiger partial charge < -0.3 is 9.13 Å². The molecular formula is C106H138N8O2S5. The maximum atomic E-state index is 15.2. The van der Waals surface area contributed by atoms with E-state index in [0.717, 1.165) is 98.1 Å². The first kappa shape index (κ1) is 92.8. The molecule has 15 heteroatoms. The number of aryl methyl sites for hydroxylation is 2. The Morgan fingerprint density at radius 1 is 0.380 bits per heavy atom. The molecule has 10 nitrogen and oxygen atoms in total. The summed E-state index contributed by atoms with van der Waals surface area (Å²) in [5, 5.41) is 34.7. The first-order valence-electron chi connectivity index (χ1n) is 48.5. The number of thiophene rings is 4. The number of aromatic nitrogens is 4. The summed E-state index contributed by atoms with van der Waals surface area (Å²) in [6.45, 7) is 24.0. The number of fused-ring (bicyclic) bond motifs is 16. The van der Waals surface area contributed by atoms with Crippen LogP contribution in [0.1, 0.15) is 415 Å². The quantitative estimate of drug-likeness (QED) is 0.0160. The van der Waals surface area contributed by atoms with Crippen LogP contribution < -0.4 is 0 Å². The number of benzene rings is 3. The number of carbonyl (C=O) groups excluding carboxylic acids is 2. The zero-order valence-electron chi connectivity index (χ0n) is 74.5. The van der Waals surface area contributed by atoms with Gasteiger partial charge in [-0.15, -0.1) is 45.3 Å². The van der Waals surface area contributed by atoms with Crippen molar-refractivity contribution in [3.05, 3.63) is 125 Å². The summed E-state index contributed by atoms with van der Waals surface area (Å²) in [5.41, 5.74) is 13.7. The normalized spacial score (nSPS) is 14.5. The lowest BCUT2D eigenvalue weighted by Gasteiger charge is -2.22. The molecule has 644 valence electrons. The van der Waals surface area contributed by atoms with Gasteiger partial charge in [-0.3, -0.25) is 9.59 Å². The average Bonchev–Trinajstić information content (AvgIpc) is 1.50. The third kappa shape index (κ3) is 22.7. The molecule has 10 aromatic rings. The molecule has 0 aliphatic heterocycles. The Labute approximate surface area is 745 Å². The van der Waals surface area contributed by atoms with E-state index in [-0.39, 0.29) is 22.8 Å². The number of rotatable bonds is 58. The van der Waals surface area contributed by atoms with Crippen molar-refractivity contribution in [1.82, 2.24) is 17.9 Å². The lowest BCUT2D eigenvalue weighted by molar-refractivity contribution is 0.103. The first-order valence-corrected chi connectivity index (χ1v) is 52.5. The van der Waals surface area contributed by atoms with Crippen molar-refractivity contribution in [2.24, 2.45) is 11.8 Å². The summed E-state index contributed by atoms with van der Waals surface area (Å²) in [5.74, 6) is 0.545. The number of Topliss-reactive ketones (excluding diaryl/α,β-unsaturated/α-hetero) is 2. The lowest BCUT2D eigenvalue weighted by atomic mass is 9.93. The molecule has 2 aliphatic rings. The fourth-order valence-electron chi connectivity index (χ4n) is 19.9. The Balaban J connectivity index is 1.14. The molecule has 7 aromatic heterocycles. The van der Waals surface area contributed by atoms with Gasteiger partial charge in [0.1, 0.15) is 28.7 Å². The minimum Gasteiger partial charge on any atom is -0.337 e. The summed E-state index contributed by atoms with van der Waals surface area (Å²) in [4.78, 5) is 36.3. The van der Waals surface area contributed by atoms with E-state index < -0.39 is 0 Å². The van der Waals surface area contributed by atoms with Gasteiger partial charge in [0.05, 0.1) is 74.6 Å². The standard InChI is InChI=1S/C106H138N8O2S5/c1-8-14-20-26-32-36-40-46-52-66-82-87(68-84-89(77(70-107)71-108)78-62-54-56-64-80(78)99(84)115)117-105-97-103(119-101(82)105)91-93-94(112-121-111-93)92-96(95(91)113(97)73-75(58-48-42-30-24-18-12-5)60-50-44-38-34-28-22-16-10-3)114(74-76(59-49-43-31-25-19-13-6)61-51-45-39-35-29-23-17-11-4)98-104(92)120-102-83(67-53-47-41-37-33-27-21-15-9-2)88(118-106(98)102)69-85-90(86(72-109)110-7)79-63-55-57-65-81(79)100(85)116/h54-57,62-65,68-69,75-76H,8-53,58-61,66-67,73-74H2,1-6H3/b84-68-,85-69-,90-86?. The zero-order valence-corrected chi connectivity index (χ0v) is 78.6. The van der Waals surface area contributed by atoms with Crippen LogP contribution in [0.4, 0.5) is 0 Å². The Morgan fingerprint density at radius 2 is 0.686 bits per heavy atom. The van der Waals surface area contributed by atoms with Gasteiger partial charge in [-0.25, -0.2) is 10.1 Å². The van der Waals surface area contributed by atoms with E-state index in [1.54, 1.807) is 0 Å². The first-order chi connectivity index (χ1) is 59.6. The third-order valence-corrected chi connectivity index (χ3v) is 32.3. The zero-order chi connectivity index (χ0) is 84.7. The van der Waals surface area contributed by atoms with Crippen LogP contribution in [0.15, 0.2) is 70.9 Å². The fraction of sp³-hybridized carbons (Fsp3) is 0.585. The molecule has 0 saturated heterocycles. The Kier molecular flexibility index (Phi) is 37.4. The summed E-state index contributed by atoms with van der Waals surface area (Å²) < 4.78 is 24.5. The van der Waals surface area contributed by atoms with Crippen LogP contribution >= 0.6 is 57.1 Å². The number of ketones is 2. The van der Waals surface area contributed by atoms with Crippen LogP contribution in [0.25, 0.3) is 100 Å². The highest BCUT2D eigenvalue weighted by Crippen LogP contribution is 2.57. The lowest BCUT2D eigenvalue weighted by Crippen LogP contribution is -2.14. The average molecular weight is 1720 g/mol. The molecule has 121 heavy (non-hydrogen) atoms. The monoisotopic (exact) mass is 1710 g/mol. The predicted octanol–water partition coefficient (Wildman–Crippen LogP) is 34.9. The number of carbonyl (C=O) groups is 2.